The lowest BCUT2D eigenvalue weighted by molar-refractivity contribution is 0.112. The van der Waals surface area contributed by atoms with Gasteiger partial charge in [-0.15, -0.1) is 0 Å². The second kappa shape index (κ2) is 4.60. The summed E-state index contributed by atoms with van der Waals surface area (Å²) in [7, 11) is 0. The fourth-order valence-corrected chi connectivity index (χ4v) is 1.89. The van der Waals surface area contributed by atoms with E-state index in [0.717, 1.165) is 16.7 Å². The fraction of sp³-hybridized carbons (Fsp3) is 0.0714. The second-order valence-corrected chi connectivity index (χ2v) is 4.29. The van der Waals surface area contributed by atoms with Crippen LogP contribution >= 0.6 is 11.6 Å². The molecule has 0 aliphatic rings. The molecule has 0 atom stereocenters. The molecule has 0 amide bonds. The number of phenols is 1. The average molecular weight is 247 g/mol. The number of hydrogen-bond acceptors (Lipinski definition) is 2. The van der Waals surface area contributed by atoms with Gasteiger partial charge in [0.1, 0.15) is 5.75 Å². The van der Waals surface area contributed by atoms with Crippen molar-refractivity contribution in [3.8, 4) is 16.9 Å². The summed E-state index contributed by atoms with van der Waals surface area (Å²) in [6.45, 7) is 1.97. The maximum atomic E-state index is 10.8. The zero-order chi connectivity index (χ0) is 12.4. The summed E-state index contributed by atoms with van der Waals surface area (Å²) in [5.41, 5.74) is 3.17. The van der Waals surface area contributed by atoms with E-state index in [2.05, 4.69) is 0 Å². The van der Waals surface area contributed by atoms with Gasteiger partial charge in [0, 0.05) is 5.02 Å². The molecule has 0 aromatic heterocycles. The summed E-state index contributed by atoms with van der Waals surface area (Å²) in [6.07, 6.45) is 0.638. The van der Waals surface area contributed by atoms with E-state index in [9.17, 15) is 9.90 Å². The van der Waals surface area contributed by atoms with Crippen LogP contribution in [0.2, 0.25) is 5.02 Å². The van der Waals surface area contributed by atoms with E-state index in [0.29, 0.717) is 11.3 Å². The van der Waals surface area contributed by atoms with Gasteiger partial charge in [-0.2, -0.15) is 0 Å². The summed E-state index contributed by atoms with van der Waals surface area (Å²) >= 11 is 5.95. The maximum Gasteiger partial charge on any atom is 0.153 e. The molecule has 0 heterocycles. The first-order chi connectivity index (χ1) is 8.11. The Bertz CT molecular complexity index is 576. The molecule has 1 N–H and O–H groups in total. The van der Waals surface area contributed by atoms with Crippen LogP contribution in [0.25, 0.3) is 11.1 Å². The van der Waals surface area contributed by atoms with Gasteiger partial charge in [-0.3, -0.25) is 4.79 Å². The highest BCUT2D eigenvalue weighted by Gasteiger charge is 2.06. The van der Waals surface area contributed by atoms with Gasteiger partial charge in [0.25, 0.3) is 0 Å². The maximum absolute atomic E-state index is 10.8. The van der Waals surface area contributed by atoms with E-state index in [1.807, 2.05) is 25.1 Å². The molecule has 0 aliphatic heterocycles. The molecular weight excluding hydrogens is 236 g/mol. The van der Waals surface area contributed by atoms with Crippen molar-refractivity contribution in [2.45, 2.75) is 6.92 Å². The highest BCUT2D eigenvalue weighted by molar-refractivity contribution is 6.30. The minimum atomic E-state index is -0.0107. The normalized spacial score (nSPS) is 10.2. The van der Waals surface area contributed by atoms with E-state index in [1.54, 1.807) is 12.1 Å². The SMILES string of the molecule is Cc1ccc(Cl)cc1-c1ccc(O)c(C=O)c1. The van der Waals surface area contributed by atoms with Gasteiger partial charge in [-0.1, -0.05) is 23.7 Å². The van der Waals surface area contributed by atoms with Crippen LogP contribution in [0, 0.1) is 6.92 Å². The highest BCUT2D eigenvalue weighted by Crippen LogP contribution is 2.29. The summed E-state index contributed by atoms with van der Waals surface area (Å²) < 4.78 is 0. The molecule has 0 spiro atoms. The van der Waals surface area contributed by atoms with Crippen molar-refractivity contribution in [1.29, 1.82) is 0 Å². The molecule has 2 aromatic rings. The number of halogens is 1. The Balaban J connectivity index is 2.60. The Labute approximate surface area is 104 Å². The number of aldehydes is 1. The van der Waals surface area contributed by atoms with Crippen molar-refractivity contribution in [3.05, 3.63) is 52.5 Å². The molecule has 0 radical (unpaired) electrons. The van der Waals surface area contributed by atoms with Crippen LogP contribution in [0.1, 0.15) is 15.9 Å². The Morgan fingerprint density at radius 3 is 2.65 bits per heavy atom. The van der Waals surface area contributed by atoms with Crippen molar-refractivity contribution in [2.75, 3.05) is 0 Å². The molecule has 2 nitrogen and oxygen atoms in total. The number of hydrogen-bond donors (Lipinski definition) is 1. The van der Waals surface area contributed by atoms with E-state index in [1.165, 1.54) is 6.07 Å². The van der Waals surface area contributed by atoms with Gasteiger partial charge < -0.3 is 5.11 Å². The van der Waals surface area contributed by atoms with E-state index in [-0.39, 0.29) is 11.3 Å². The molecule has 0 saturated heterocycles. The van der Waals surface area contributed by atoms with Crippen LogP contribution in [0.4, 0.5) is 0 Å². The largest absolute Gasteiger partial charge is 0.507 e. The Morgan fingerprint density at radius 1 is 1.18 bits per heavy atom. The van der Waals surface area contributed by atoms with Gasteiger partial charge in [-0.05, 0) is 47.9 Å². The third-order valence-corrected chi connectivity index (χ3v) is 2.90. The molecule has 2 aromatic carbocycles. The lowest BCUT2D eigenvalue weighted by Crippen LogP contribution is -1.87. The van der Waals surface area contributed by atoms with Crippen LogP contribution in [-0.4, -0.2) is 11.4 Å². The number of rotatable bonds is 2. The molecule has 0 aliphatic carbocycles. The van der Waals surface area contributed by atoms with Crippen molar-refractivity contribution in [1.82, 2.24) is 0 Å². The first kappa shape index (κ1) is 11.7. The van der Waals surface area contributed by atoms with Gasteiger partial charge in [-0.25, -0.2) is 0 Å². The average Bonchev–Trinajstić information content (AvgIpc) is 2.33. The number of phenolic OH excluding ortho intramolecular Hbond substituents is 1. The minimum absolute atomic E-state index is 0.0107. The van der Waals surface area contributed by atoms with Crippen LogP contribution < -0.4 is 0 Å². The quantitative estimate of drug-likeness (QED) is 0.818. The number of aromatic hydroxyl groups is 1. The Kier molecular flexibility index (Phi) is 3.16. The predicted octanol–water partition coefficient (Wildman–Crippen LogP) is 3.83. The van der Waals surface area contributed by atoms with Crippen molar-refractivity contribution in [2.24, 2.45) is 0 Å². The van der Waals surface area contributed by atoms with Crippen molar-refractivity contribution < 1.29 is 9.90 Å². The number of carbonyl (C=O) groups excluding carboxylic acids is 1. The van der Waals surface area contributed by atoms with Crippen molar-refractivity contribution in [3.63, 3.8) is 0 Å². The lowest BCUT2D eigenvalue weighted by Gasteiger charge is -2.08. The second-order valence-electron chi connectivity index (χ2n) is 3.85. The van der Waals surface area contributed by atoms with Gasteiger partial charge in [0.05, 0.1) is 5.56 Å². The smallest absolute Gasteiger partial charge is 0.153 e. The Morgan fingerprint density at radius 2 is 1.94 bits per heavy atom. The summed E-state index contributed by atoms with van der Waals surface area (Å²) in [4.78, 5) is 10.8. The summed E-state index contributed by atoms with van der Waals surface area (Å²) in [5.74, 6) is -0.0107. The molecule has 86 valence electrons. The summed E-state index contributed by atoms with van der Waals surface area (Å²) in [6, 6.07) is 10.5. The molecule has 0 saturated carbocycles. The topological polar surface area (TPSA) is 37.3 Å². The first-order valence-corrected chi connectivity index (χ1v) is 5.54. The first-order valence-electron chi connectivity index (χ1n) is 5.16. The Hall–Kier alpha value is -1.80. The van der Waals surface area contributed by atoms with E-state index in [4.69, 9.17) is 11.6 Å². The predicted molar refractivity (Wildman–Crippen MR) is 68.7 cm³/mol. The van der Waals surface area contributed by atoms with Crippen molar-refractivity contribution >= 4 is 17.9 Å². The molecular formula is C14H11ClO2. The lowest BCUT2D eigenvalue weighted by atomic mass is 9.99. The zero-order valence-electron chi connectivity index (χ0n) is 9.27. The highest BCUT2D eigenvalue weighted by atomic mass is 35.5. The molecule has 0 bridgehead atoms. The zero-order valence-corrected chi connectivity index (χ0v) is 10.0. The summed E-state index contributed by atoms with van der Waals surface area (Å²) in [5, 5.41) is 10.1. The van der Waals surface area contributed by atoms with E-state index >= 15 is 0 Å². The van der Waals surface area contributed by atoms with E-state index < -0.39 is 0 Å². The monoisotopic (exact) mass is 246 g/mol. The molecule has 2 rings (SSSR count). The minimum Gasteiger partial charge on any atom is -0.507 e. The number of carbonyl (C=O) groups is 1. The van der Waals surface area contributed by atoms with Gasteiger partial charge in [0.2, 0.25) is 0 Å². The third kappa shape index (κ3) is 2.32. The fourth-order valence-electron chi connectivity index (χ4n) is 1.72. The van der Waals surface area contributed by atoms with Gasteiger partial charge in [0.15, 0.2) is 6.29 Å². The molecule has 0 fully saturated rings. The standard InChI is InChI=1S/C14H11ClO2/c1-9-2-4-12(15)7-13(9)10-3-5-14(17)11(6-10)8-16/h2-8,17H,1H3. The van der Waals surface area contributed by atoms with Gasteiger partial charge >= 0.3 is 0 Å². The third-order valence-electron chi connectivity index (χ3n) is 2.67. The number of benzene rings is 2. The van der Waals surface area contributed by atoms with Crippen LogP contribution in [0.15, 0.2) is 36.4 Å². The molecule has 17 heavy (non-hydrogen) atoms. The van der Waals surface area contributed by atoms with Crippen LogP contribution in [0.5, 0.6) is 5.75 Å². The number of aryl methyl sites for hydroxylation is 1. The molecule has 3 heteroatoms. The van der Waals surface area contributed by atoms with Crippen LogP contribution in [-0.2, 0) is 0 Å². The van der Waals surface area contributed by atoms with Crippen LogP contribution in [0.3, 0.4) is 0 Å². The molecule has 0 unspecified atom stereocenters.